The Morgan fingerprint density at radius 2 is 2.09 bits per heavy atom. The van der Waals surface area contributed by atoms with Gasteiger partial charge in [-0.15, -0.1) is 0 Å². The minimum absolute atomic E-state index is 0.0652. The minimum atomic E-state index is -3.76. The molecule has 0 amide bonds. The van der Waals surface area contributed by atoms with Gasteiger partial charge in [0.2, 0.25) is 10.0 Å². The molecule has 1 heterocycles. The Labute approximate surface area is 128 Å². The lowest BCUT2D eigenvalue weighted by molar-refractivity contribution is -0.136. The standard InChI is InChI=1S/C14H16N2O5S/c1-9-14(10(2)21-16-9)11-4-3-5-12(8-11)22(19,20)15-7-6-13(17)18/h3-5,8,15H,6-7H2,1-2H3,(H,17,18). The molecule has 1 aromatic carbocycles. The number of benzene rings is 1. The van der Waals surface area contributed by atoms with Gasteiger partial charge in [0.1, 0.15) is 5.76 Å². The number of rotatable bonds is 6. The lowest BCUT2D eigenvalue weighted by Crippen LogP contribution is -2.26. The highest BCUT2D eigenvalue weighted by Crippen LogP contribution is 2.28. The van der Waals surface area contributed by atoms with E-state index < -0.39 is 16.0 Å². The molecule has 0 aliphatic rings. The van der Waals surface area contributed by atoms with Gasteiger partial charge in [0.25, 0.3) is 0 Å². The largest absolute Gasteiger partial charge is 0.481 e. The summed E-state index contributed by atoms with van der Waals surface area (Å²) in [6.07, 6.45) is -0.275. The molecule has 0 bridgehead atoms. The number of sulfonamides is 1. The van der Waals surface area contributed by atoms with Crippen molar-refractivity contribution in [2.45, 2.75) is 25.2 Å². The number of nitrogens with zero attached hydrogens (tertiary/aromatic N) is 1. The topological polar surface area (TPSA) is 110 Å². The van der Waals surface area contributed by atoms with E-state index >= 15 is 0 Å². The maximum absolute atomic E-state index is 12.2. The maximum Gasteiger partial charge on any atom is 0.304 e. The first-order valence-corrected chi connectivity index (χ1v) is 8.04. The van der Waals surface area contributed by atoms with Gasteiger partial charge in [-0.05, 0) is 31.5 Å². The van der Waals surface area contributed by atoms with E-state index in [0.717, 1.165) is 5.56 Å². The fraction of sp³-hybridized carbons (Fsp3) is 0.286. The second-order valence-corrected chi connectivity index (χ2v) is 6.54. The van der Waals surface area contributed by atoms with Crippen molar-refractivity contribution >= 4 is 16.0 Å². The third-order valence-electron chi connectivity index (χ3n) is 3.10. The number of aryl methyl sites for hydroxylation is 2. The Hall–Kier alpha value is -2.19. The molecule has 2 rings (SSSR count). The summed E-state index contributed by atoms with van der Waals surface area (Å²) in [5.74, 6) is -0.460. The van der Waals surface area contributed by atoms with Gasteiger partial charge in [0.15, 0.2) is 0 Å². The van der Waals surface area contributed by atoms with Gasteiger partial charge in [-0.1, -0.05) is 17.3 Å². The molecule has 0 aliphatic heterocycles. The van der Waals surface area contributed by atoms with Gasteiger partial charge in [0, 0.05) is 12.1 Å². The highest BCUT2D eigenvalue weighted by Gasteiger charge is 2.17. The second-order valence-electron chi connectivity index (χ2n) is 4.77. The third kappa shape index (κ3) is 3.52. The molecule has 0 saturated carbocycles. The highest BCUT2D eigenvalue weighted by atomic mass is 32.2. The summed E-state index contributed by atoms with van der Waals surface area (Å²) in [4.78, 5) is 10.5. The average Bonchev–Trinajstić information content (AvgIpc) is 2.77. The van der Waals surface area contributed by atoms with Crippen molar-refractivity contribution in [2.75, 3.05) is 6.54 Å². The van der Waals surface area contributed by atoms with Gasteiger partial charge in [0.05, 0.1) is 17.0 Å². The molecular formula is C14H16N2O5S. The first-order chi connectivity index (χ1) is 10.3. The Bertz CT molecular complexity index is 776. The number of carboxylic acid groups (broad SMARTS) is 1. The normalized spacial score (nSPS) is 11.5. The molecule has 118 valence electrons. The van der Waals surface area contributed by atoms with Crippen molar-refractivity contribution in [3.8, 4) is 11.1 Å². The summed E-state index contributed by atoms with van der Waals surface area (Å²) in [6.45, 7) is 3.37. The molecule has 2 N–H and O–H groups in total. The van der Waals surface area contributed by atoms with Crippen LogP contribution in [0.3, 0.4) is 0 Å². The number of hydrogen-bond donors (Lipinski definition) is 2. The zero-order valence-electron chi connectivity index (χ0n) is 12.2. The van der Waals surface area contributed by atoms with Crippen LogP contribution in [0.4, 0.5) is 0 Å². The number of carboxylic acids is 1. The third-order valence-corrected chi connectivity index (χ3v) is 4.56. The van der Waals surface area contributed by atoms with Crippen LogP contribution in [0.5, 0.6) is 0 Å². The lowest BCUT2D eigenvalue weighted by atomic mass is 10.0. The van der Waals surface area contributed by atoms with Crippen molar-refractivity contribution < 1.29 is 22.8 Å². The van der Waals surface area contributed by atoms with Crippen LogP contribution in [0, 0.1) is 13.8 Å². The number of aromatic nitrogens is 1. The summed E-state index contributed by atoms with van der Waals surface area (Å²) in [5.41, 5.74) is 2.10. The summed E-state index contributed by atoms with van der Waals surface area (Å²) in [7, 11) is -3.76. The number of nitrogens with one attached hydrogen (secondary N) is 1. The van der Waals surface area contributed by atoms with E-state index in [2.05, 4.69) is 9.88 Å². The summed E-state index contributed by atoms with van der Waals surface area (Å²) >= 11 is 0. The number of carbonyl (C=O) groups is 1. The zero-order chi connectivity index (χ0) is 16.3. The number of aliphatic carboxylic acids is 1. The van der Waals surface area contributed by atoms with Crippen LogP contribution in [0.2, 0.25) is 0 Å². The minimum Gasteiger partial charge on any atom is -0.481 e. The molecule has 0 spiro atoms. The monoisotopic (exact) mass is 324 g/mol. The van der Waals surface area contributed by atoms with E-state index in [9.17, 15) is 13.2 Å². The predicted octanol–water partition coefficient (Wildman–Crippen LogP) is 1.71. The van der Waals surface area contributed by atoms with E-state index in [4.69, 9.17) is 9.63 Å². The Balaban J connectivity index is 2.30. The average molecular weight is 324 g/mol. The van der Waals surface area contributed by atoms with E-state index in [1.165, 1.54) is 12.1 Å². The number of hydrogen-bond acceptors (Lipinski definition) is 5. The quantitative estimate of drug-likeness (QED) is 0.837. The molecule has 0 aliphatic carbocycles. The van der Waals surface area contributed by atoms with Crippen molar-refractivity contribution in [3.05, 3.63) is 35.7 Å². The summed E-state index contributed by atoms with van der Waals surface area (Å²) in [5, 5.41) is 12.4. The van der Waals surface area contributed by atoms with Crippen molar-refractivity contribution in [1.29, 1.82) is 0 Å². The molecule has 0 saturated heterocycles. The van der Waals surface area contributed by atoms with Crippen LogP contribution in [-0.2, 0) is 14.8 Å². The smallest absolute Gasteiger partial charge is 0.304 e. The van der Waals surface area contributed by atoms with Crippen LogP contribution in [0.15, 0.2) is 33.7 Å². The van der Waals surface area contributed by atoms with E-state index in [0.29, 0.717) is 17.0 Å². The molecule has 0 unspecified atom stereocenters. The Kier molecular flexibility index (Phi) is 4.62. The molecule has 22 heavy (non-hydrogen) atoms. The Morgan fingerprint density at radius 1 is 1.36 bits per heavy atom. The van der Waals surface area contributed by atoms with Gasteiger partial charge in [-0.2, -0.15) is 0 Å². The molecule has 8 heteroatoms. The van der Waals surface area contributed by atoms with Gasteiger partial charge in [-0.25, -0.2) is 13.1 Å². The van der Waals surface area contributed by atoms with Crippen LogP contribution < -0.4 is 4.72 Å². The summed E-state index contributed by atoms with van der Waals surface area (Å²) < 4.78 is 31.7. The highest BCUT2D eigenvalue weighted by molar-refractivity contribution is 7.89. The summed E-state index contributed by atoms with van der Waals surface area (Å²) in [6, 6.07) is 6.34. The van der Waals surface area contributed by atoms with Crippen LogP contribution in [0.1, 0.15) is 17.9 Å². The van der Waals surface area contributed by atoms with Gasteiger partial charge < -0.3 is 9.63 Å². The molecular weight excluding hydrogens is 308 g/mol. The van der Waals surface area contributed by atoms with Crippen molar-refractivity contribution in [1.82, 2.24) is 9.88 Å². The molecule has 0 fully saturated rings. The molecule has 7 nitrogen and oxygen atoms in total. The fourth-order valence-corrected chi connectivity index (χ4v) is 3.17. The fourth-order valence-electron chi connectivity index (χ4n) is 2.09. The maximum atomic E-state index is 12.2. The van der Waals surface area contributed by atoms with Gasteiger partial charge >= 0.3 is 5.97 Å². The van der Waals surface area contributed by atoms with Crippen molar-refractivity contribution in [3.63, 3.8) is 0 Å². The lowest BCUT2D eigenvalue weighted by Gasteiger charge is -2.07. The SMILES string of the molecule is Cc1noc(C)c1-c1cccc(S(=O)(=O)NCCC(=O)O)c1. The van der Waals surface area contributed by atoms with E-state index in [-0.39, 0.29) is 17.9 Å². The molecule has 1 aromatic heterocycles. The first-order valence-electron chi connectivity index (χ1n) is 6.56. The second kappa shape index (κ2) is 6.29. The molecule has 0 radical (unpaired) electrons. The van der Waals surface area contributed by atoms with E-state index in [1.807, 2.05) is 0 Å². The first kappa shape index (κ1) is 16.2. The van der Waals surface area contributed by atoms with Crippen LogP contribution in [-0.4, -0.2) is 31.2 Å². The van der Waals surface area contributed by atoms with Crippen LogP contribution >= 0.6 is 0 Å². The van der Waals surface area contributed by atoms with E-state index in [1.54, 1.807) is 26.0 Å². The predicted molar refractivity (Wildman–Crippen MR) is 78.9 cm³/mol. The van der Waals surface area contributed by atoms with Crippen LogP contribution in [0.25, 0.3) is 11.1 Å². The molecule has 2 aromatic rings. The zero-order valence-corrected chi connectivity index (χ0v) is 13.0. The molecule has 0 atom stereocenters. The van der Waals surface area contributed by atoms with Gasteiger partial charge in [-0.3, -0.25) is 4.79 Å². The van der Waals surface area contributed by atoms with Crippen molar-refractivity contribution in [2.24, 2.45) is 0 Å². The Morgan fingerprint density at radius 3 is 2.68 bits per heavy atom.